The molecule has 3 N–H and O–H groups in total. The number of hydrogen-bond donors (Lipinski definition) is 2. The van der Waals surface area contributed by atoms with E-state index in [2.05, 4.69) is 21.2 Å². The Morgan fingerprint density at radius 1 is 1.10 bits per heavy atom. The van der Waals surface area contributed by atoms with Gasteiger partial charge in [0.2, 0.25) is 5.89 Å². The topological polar surface area (TPSA) is 114 Å². The molecule has 8 nitrogen and oxygen atoms in total. The molecule has 2 aromatic carbocycles. The summed E-state index contributed by atoms with van der Waals surface area (Å²) in [6.07, 6.45) is -5.97. The molecule has 0 aliphatic carbocycles. The Hall–Kier alpha value is -3.75. The minimum Gasteiger partial charge on any atom is -0.415 e. The van der Waals surface area contributed by atoms with E-state index in [0.29, 0.717) is 5.69 Å². The lowest BCUT2D eigenvalue weighted by molar-refractivity contribution is -0.169. The Morgan fingerprint density at radius 3 is 2.28 bits per heavy atom. The van der Waals surface area contributed by atoms with Crippen LogP contribution in [0.2, 0.25) is 0 Å². The van der Waals surface area contributed by atoms with Crippen molar-refractivity contribution in [2.45, 2.75) is 38.0 Å². The summed E-state index contributed by atoms with van der Waals surface area (Å²) >= 11 is 1.86. The minimum absolute atomic E-state index is 0.00442. The molecular weight excluding hydrogens is 552 g/mol. The molecule has 3 aromatic rings. The van der Waals surface area contributed by atoms with Crippen molar-refractivity contribution >= 4 is 29.4 Å². The van der Waals surface area contributed by atoms with Crippen LogP contribution >= 0.6 is 11.8 Å². The van der Waals surface area contributed by atoms with Crippen molar-refractivity contribution in [2.24, 2.45) is 5.73 Å². The summed E-state index contributed by atoms with van der Waals surface area (Å²) in [5, 5.41) is 9.85. The van der Waals surface area contributed by atoms with Gasteiger partial charge < -0.3 is 15.5 Å². The molecule has 0 atom stereocenters. The van der Waals surface area contributed by atoms with E-state index in [-0.39, 0.29) is 35.6 Å². The molecular formula is C24H23F6N5O3S. The van der Waals surface area contributed by atoms with E-state index in [1.54, 1.807) is 12.1 Å². The molecule has 0 bridgehead atoms. The maximum absolute atomic E-state index is 14.9. The van der Waals surface area contributed by atoms with Gasteiger partial charge in [-0.3, -0.25) is 9.69 Å². The first-order chi connectivity index (χ1) is 18.5. The van der Waals surface area contributed by atoms with Crippen LogP contribution in [-0.4, -0.2) is 45.9 Å². The van der Waals surface area contributed by atoms with E-state index in [1.807, 2.05) is 30.0 Å². The maximum Gasteiger partial charge on any atom is 0.470 e. The van der Waals surface area contributed by atoms with Crippen molar-refractivity contribution in [1.29, 1.82) is 0 Å². The molecule has 1 aliphatic heterocycles. The summed E-state index contributed by atoms with van der Waals surface area (Å²) < 4.78 is 77.2. The SMILES string of the molecule is NC(=O)C(F)(F)F.O=C(NC1CCSCC1)N(Cc1ccc(-c2nnc(C(F)F)o2)cc1F)c1ccccc1. The summed E-state index contributed by atoms with van der Waals surface area (Å²) in [5.74, 6) is -1.89. The Kier molecular flexibility index (Phi) is 10.2. The second kappa shape index (κ2) is 13.4. The Bertz CT molecular complexity index is 1250. The normalized spacial score (nSPS) is 13.9. The van der Waals surface area contributed by atoms with Gasteiger partial charge in [0.25, 0.3) is 5.89 Å². The van der Waals surface area contributed by atoms with Gasteiger partial charge in [0.1, 0.15) is 5.82 Å². The molecule has 0 spiro atoms. The van der Waals surface area contributed by atoms with Gasteiger partial charge >= 0.3 is 24.5 Å². The average molecular weight is 576 g/mol. The Morgan fingerprint density at radius 2 is 1.74 bits per heavy atom. The van der Waals surface area contributed by atoms with Crippen molar-refractivity contribution in [1.82, 2.24) is 15.5 Å². The fourth-order valence-electron chi connectivity index (χ4n) is 3.40. The number of alkyl halides is 5. The number of anilines is 1. The van der Waals surface area contributed by atoms with E-state index in [0.717, 1.165) is 30.4 Å². The fourth-order valence-corrected chi connectivity index (χ4v) is 4.51. The smallest absolute Gasteiger partial charge is 0.415 e. The number of carbonyl (C=O) groups excluding carboxylic acids is 2. The number of hydrogen-bond acceptors (Lipinski definition) is 6. The summed E-state index contributed by atoms with van der Waals surface area (Å²) in [5.41, 5.74) is 4.89. The number of aromatic nitrogens is 2. The minimum atomic E-state index is -4.86. The molecule has 15 heteroatoms. The molecule has 1 saturated heterocycles. The zero-order valence-corrected chi connectivity index (χ0v) is 20.9. The highest BCUT2D eigenvalue weighted by Gasteiger charge is 2.35. The second-order valence-electron chi connectivity index (χ2n) is 8.17. The predicted molar refractivity (Wildman–Crippen MR) is 131 cm³/mol. The molecule has 4 rings (SSSR count). The standard InChI is InChI=1S/C22H21F3N4O2S.C2H2F3NO/c23-18-12-14(20-27-28-21(31-20)19(24)25)6-7-15(18)13-29(17-4-2-1-3-5-17)22(30)26-16-8-10-32-11-9-16;3-2(4,5)1(6)7/h1-7,12,16,19H,8-11,13H2,(H,26,30);(H2,6,7). The molecule has 1 aliphatic rings. The van der Waals surface area contributed by atoms with Crippen molar-refractivity contribution in [3.8, 4) is 11.5 Å². The van der Waals surface area contributed by atoms with Gasteiger partial charge in [-0.2, -0.15) is 33.7 Å². The molecule has 39 heavy (non-hydrogen) atoms. The first-order valence-corrected chi connectivity index (χ1v) is 12.6. The van der Waals surface area contributed by atoms with Gasteiger partial charge in [-0.25, -0.2) is 9.18 Å². The number of amides is 3. The van der Waals surface area contributed by atoms with Gasteiger partial charge in [-0.1, -0.05) is 24.3 Å². The van der Waals surface area contributed by atoms with Crippen molar-refractivity contribution < 1.29 is 40.3 Å². The maximum atomic E-state index is 14.9. The molecule has 210 valence electrons. The summed E-state index contributed by atoms with van der Waals surface area (Å²) in [4.78, 5) is 23.7. The lowest BCUT2D eigenvalue weighted by atomic mass is 10.1. The largest absolute Gasteiger partial charge is 0.470 e. The van der Waals surface area contributed by atoms with Crippen molar-refractivity contribution in [2.75, 3.05) is 16.4 Å². The first-order valence-electron chi connectivity index (χ1n) is 11.4. The zero-order chi connectivity index (χ0) is 28.6. The highest BCUT2D eigenvalue weighted by atomic mass is 32.2. The van der Waals surface area contributed by atoms with Crippen LogP contribution in [0.5, 0.6) is 0 Å². The van der Waals surface area contributed by atoms with E-state index < -0.39 is 30.2 Å². The molecule has 0 saturated carbocycles. The molecule has 1 aromatic heterocycles. The zero-order valence-electron chi connectivity index (χ0n) is 20.1. The number of nitrogens with zero attached hydrogens (tertiary/aromatic N) is 3. The lowest BCUT2D eigenvalue weighted by Gasteiger charge is -2.28. The monoisotopic (exact) mass is 575 g/mol. The number of urea groups is 1. The van der Waals surface area contributed by atoms with Crippen LogP contribution < -0.4 is 16.0 Å². The quantitative estimate of drug-likeness (QED) is 0.378. The number of thioether (sulfide) groups is 1. The Balaban J connectivity index is 0.000000532. The van der Waals surface area contributed by atoms with Crippen LogP contribution in [0, 0.1) is 5.82 Å². The Labute approximate surface area is 222 Å². The number of benzene rings is 2. The van der Waals surface area contributed by atoms with Crippen LogP contribution in [0.15, 0.2) is 52.9 Å². The van der Waals surface area contributed by atoms with Crippen LogP contribution in [0.1, 0.15) is 30.7 Å². The molecule has 1 fully saturated rings. The first kappa shape index (κ1) is 29.8. The summed E-state index contributed by atoms with van der Waals surface area (Å²) in [7, 11) is 0. The van der Waals surface area contributed by atoms with Gasteiger partial charge in [0.05, 0.1) is 6.54 Å². The third kappa shape index (κ3) is 8.63. The van der Waals surface area contributed by atoms with Crippen LogP contribution in [0.25, 0.3) is 11.5 Å². The van der Waals surface area contributed by atoms with Gasteiger partial charge in [0.15, 0.2) is 0 Å². The van der Waals surface area contributed by atoms with E-state index in [4.69, 9.17) is 9.21 Å². The second-order valence-corrected chi connectivity index (χ2v) is 9.40. The van der Waals surface area contributed by atoms with E-state index in [9.17, 15) is 31.1 Å². The number of halogens is 6. The lowest BCUT2D eigenvalue weighted by Crippen LogP contribution is -2.46. The number of nitrogens with one attached hydrogen (secondary N) is 1. The number of para-hydroxylation sites is 1. The third-order valence-electron chi connectivity index (χ3n) is 5.40. The van der Waals surface area contributed by atoms with Gasteiger partial charge in [0, 0.05) is 22.9 Å². The predicted octanol–water partition coefficient (Wildman–Crippen LogP) is 5.46. The van der Waals surface area contributed by atoms with Crippen molar-refractivity contribution in [3.63, 3.8) is 0 Å². The number of rotatable bonds is 6. The highest BCUT2D eigenvalue weighted by Crippen LogP contribution is 2.26. The fraction of sp³-hybridized carbons (Fsp3) is 0.333. The number of carbonyl (C=O) groups is 2. The van der Waals surface area contributed by atoms with E-state index in [1.165, 1.54) is 17.0 Å². The molecule has 3 amide bonds. The molecule has 0 unspecified atom stereocenters. The number of primary amides is 1. The summed E-state index contributed by atoms with van der Waals surface area (Å²) in [6.45, 7) is -0.00442. The molecule has 2 heterocycles. The average Bonchev–Trinajstić information content (AvgIpc) is 3.40. The van der Waals surface area contributed by atoms with Crippen molar-refractivity contribution in [3.05, 3.63) is 65.8 Å². The summed E-state index contributed by atoms with van der Waals surface area (Å²) in [6, 6.07) is 12.9. The van der Waals surface area contributed by atoms with Crippen LogP contribution in [-0.2, 0) is 11.3 Å². The molecule has 0 radical (unpaired) electrons. The van der Waals surface area contributed by atoms with E-state index >= 15 is 0 Å². The van der Waals surface area contributed by atoms with Crippen LogP contribution in [0.4, 0.5) is 36.8 Å². The third-order valence-corrected chi connectivity index (χ3v) is 6.45. The number of nitrogens with two attached hydrogens (primary N) is 1. The highest BCUT2D eigenvalue weighted by molar-refractivity contribution is 7.99. The van der Waals surface area contributed by atoms with Gasteiger partial charge in [-0.05, 0) is 48.6 Å². The van der Waals surface area contributed by atoms with Crippen LogP contribution in [0.3, 0.4) is 0 Å². The van der Waals surface area contributed by atoms with Gasteiger partial charge in [-0.15, -0.1) is 10.2 Å².